The molecule has 0 spiro atoms. The Hall–Kier alpha value is -1.62. The number of carbonyl (C=O) groups excluding carboxylic acids is 1. The van der Waals surface area contributed by atoms with Crippen molar-refractivity contribution in [3.05, 3.63) is 30.1 Å². The third kappa shape index (κ3) is 3.58. The van der Waals surface area contributed by atoms with Gasteiger partial charge in [0, 0.05) is 5.92 Å². The lowest BCUT2D eigenvalue weighted by molar-refractivity contribution is -0.940. The summed E-state index contributed by atoms with van der Waals surface area (Å²) < 4.78 is 18.9. The molecule has 4 nitrogen and oxygen atoms in total. The fourth-order valence-corrected chi connectivity index (χ4v) is 3.87. The first-order chi connectivity index (χ1) is 10.7. The molecule has 0 radical (unpaired) electrons. The molecule has 2 aliphatic heterocycles. The highest BCUT2D eigenvalue weighted by Gasteiger charge is 2.37. The number of carbonyl (C=O) groups is 1. The van der Waals surface area contributed by atoms with Crippen LogP contribution in [0.1, 0.15) is 32.1 Å². The number of amides is 1. The third-order valence-electron chi connectivity index (χ3n) is 4.97. The van der Waals surface area contributed by atoms with Crippen molar-refractivity contribution < 1.29 is 18.8 Å². The van der Waals surface area contributed by atoms with Crippen LogP contribution in [0.5, 0.6) is 0 Å². The molecule has 0 saturated carbocycles. The van der Waals surface area contributed by atoms with Crippen LogP contribution in [-0.4, -0.2) is 31.8 Å². The van der Waals surface area contributed by atoms with Gasteiger partial charge in [0.15, 0.2) is 0 Å². The van der Waals surface area contributed by atoms with Crippen LogP contribution in [0.25, 0.3) is 0 Å². The fraction of sp³-hybridized carbons (Fsp3) is 0.588. The molecule has 0 aromatic heterocycles. The molecule has 0 aliphatic carbocycles. The number of fused-ring (bicyclic) bond motifs is 1. The number of halogens is 1. The molecule has 1 amide bonds. The molecule has 2 heterocycles. The number of anilines is 1. The summed E-state index contributed by atoms with van der Waals surface area (Å²) in [6.45, 7) is 2.94. The van der Waals surface area contributed by atoms with Crippen LogP contribution in [0.15, 0.2) is 24.3 Å². The minimum Gasteiger partial charge on any atom is -0.449 e. The van der Waals surface area contributed by atoms with E-state index in [0.717, 1.165) is 6.42 Å². The summed E-state index contributed by atoms with van der Waals surface area (Å²) in [6, 6.07) is 6.76. The lowest BCUT2D eigenvalue weighted by Gasteiger charge is -2.40. The SMILES string of the molecule is O=C(Nc1ccccc1F)OC[C@@H]1CCC[NH+]2CCCC[C@H]12. The second kappa shape index (κ2) is 7.09. The van der Waals surface area contributed by atoms with Gasteiger partial charge in [-0.2, -0.15) is 0 Å². The Morgan fingerprint density at radius 1 is 1.23 bits per heavy atom. The number of hydrogen-bond donors (Lipinski definition) is 2. The summed E-state index contributed by atoms with van der Waals surface area (Å²) in [5.41, 5.74) is 0.168. The van der Waals surface area contributed by atoms with Crippen molar-refractivity contribution in [2.75, 3.05) is 25.0 Å². The Labute approximate surface area is 130 Å². The van der Waals surface area contributed by atoms with Gasteiger partial charge in [0.05, 0.1) is 24.8 Å². The van der Waals surface area contributed by atoms with Gasteiger partial charge in [-0.25, -0.2) is 9.18 Å². The van der Waals surface area contributed by atoms with Gasteiger partial charge in [-0.05, 0) is 44.2 Å². The number of para-hydroxylation sites is 1. The summed E-state index contributed by atoms with van der Waals surface area (Å²) in [6.07, 6.45) is 5.60. The van der Waals surface area contributed by atoms with Crippen LogP contribution in [0.2, 0.25) is 0 Å². The van der Waals surface area contributed by atoms with Gasteiger partial charge in [0.25, 0.3) is 0 Å². The molecule has 2 aliphatic rings. The number of piperidine rings is 2. The molecule has 1 unspecified atom stereocenters. The minimum absolute atomic E-state index is 0.168. The minimum atomic E-state index is -0.562. The van der Waals surface area contributed by atoms with Gasteiger partial charge in [-0.15, -0.1) is 0 Å². The third-order valence-corrected chi connectivity index (χ3v) is 4.97. The molecule has 2 fully saturated rings. The molecular formula is C17H24FN2O2+. The number of hydrogen-bond acceptors (Lipinski definition) is 2. The zero-order chi connectivity index (χ0) is 15.4. The van der Waals surface area contributed by atoms with Gasteiger partial charge >= 0.3 is 6.09 Å². The highest BCUT2D eigenvalue weighted by Crippen LogP contribution is 2.21. The van der Waals surface area contributed by atoms with E-state index in [0.29, 0.717) is 18.6 Å². The van der Waals surface area contributed by atoms with Gasteiger partial charge < -0.3 is 9.64 Å². The molecule has 22 heavy (non-hydrogen) atoms. The molecule has 120 valence electrons. The second-order valence-electron chi connectivity index (χ2n) is 6.37. The van der Waals surface area contributed by atoms with E-state index in [1.54, 1.807) is 17.0 Å². The van der Waals surface area contributed by atoms with Crippen molar-refractivity contribution in [3.8, 4) is 0 Å². The summed E-state index contributed by atoms with van der Waals surface area (Å²) in [5.74, 6) is -0.00423. The zero-order valence-corrected chi connectivity index (χ0v) is 12.8. The standard InChI is InChI=1S/C17H23FN2O2/c18-14-7-1-2-8-15(14)19-17(21)22-12-13-6-5-11-20-10-4-3-9-16(13)20/h1-2,7-8,13,16H,3-6,9-12H2,(H,19,21)/p+1/t13-,16+/m0/s1. The summed E-state index contributed by atoms with van der Waals surface area (Å²) in [7, 11) is 0. The lowest BCUT2D eigenvalue weighted by Crippen LogP contribution is -3.18. The molecule has 0 bridgehead atoms. The molecule has 2 saturated heterocycles. The Balaban J connectivity index is 1.51. The molecule has 3 rings (SSSR count). The predicted octanol–water partition coefficient (Wildman–Crippen LogP) is 2.22. The average Bonchev–Trinajstić information content (AvgIpc) is 2.55. The quantitative estimate of drug-likeness (QED) is 0.899. The number of rotatable bonds is 3. The molecule has 3 atom stereocenters. The average molecular weight is 307 g/mol. The maximum absolute atomic E-state index is 13.5. The van der Waals surface area contributed by atoms with E-state index in [4.69, 9.17) is 4.74 Å². The summed E-state index contributed by atoms with van der Waals surface area (Å²) in [4.78, 5) is 13.5. The van der Waals surface area contributed by atoms with E-state index in [1.165, 1.54) is 50.9 Å². The van der Waals surface area contributed by atoms with Gasteiger partial charge in [0.2, 0.25) is 0 Å². The Bertz CT molecular complexity index is 521. The Morgan fingerprint density at radius 3 is 2.91 bits per heavy atom. The number of quaternary nitrogens is 1. The number of ether oxygens (including phenoxy) is 1. The number of nitrogens with one attached hydrogen (secondary N) is 2. The van der Waals surface area contributed by atoms with Gasteiger partial charge in [0.1, 0.15) is 12.4 Å². The van der Waals surface area contributed by atoms with Gasteiger partial charge in [-0.1, -0.05) is 12.1 Å². The summed E-state index contributed by atoms with van der Waals surface area (Å²) in [5, 5.41) is 2.48. The van der Waals surface area contributed by atoms with Crippen molar-refractivity contribution in [1.29, 1.82) is 0 Å². The maximum Gasteiger partial charge on any atom is 0.411 e. The molecule has 1 aromatic rings. The van der Waals surface area contributed by atoms with Crippen LogP contribution >= 0.6 is 0 Å². The smallest absolute Gasteiger partial charge is 0.411 e. The number of benzene rings is 1. The van der Waals surface area contributed by atoms with E-state index in [1.807, 2.05) is 0 Å². The van der Waals surface area contributed by atoms with E-state index >= 15 is 0 Å². The van der Waals surface area contributed by atoms with E-state index in [9.17, 15) is 9.18 Å². The monoisotopic (exact) mass is 307 g/mol. The molecular weight excluding hydrogens is 283 g/mol. The summed E-state index contributed by atoms with van der Waals surface area (Å²) >= 11 is 0. The normalized spacial score (nSPS) is 27.8. The lowest BCUT2D eigenvalue weighted by atomic mass is 9.84. The Morgan fingerprint density at radius 2 is 2.05 bits per heavy atom. The van der Waals surface area contributed by atoms with Crippen LogP contribution in [0.3, 0.4) is 0 Å². The highest BCUT2D eigenvalue weighted by molar-refractivity contribution is 5.84. The van der Waals surface area contributed by atoms with Crippen LogP contribution in [0, 0.1) is 11.7 Å². The largest absolute Gasteiger partial charge is 0.449 e. The zero-order valence-electron chi connectivity index (χ0n) is 12.8. The first-order valence-corrected chi connectivity index (χ1v) is 8.27. The van der Waals surface area contributed by atoms with Crippen molar-refractivity contribution >= 4 is 11.8 Å². The van der Waals surface area contributed by atoms with Crippen LogP contribution in [0.4, 0.5) is 14.9 Å². The first kappa shape index (κ1) is 15.3. The van der Waals surface area contributed by atoms with Crippen molar-refractivity contribution in [1.82, 2.24) is 0 Å². The van der Waals surface area contributed by atoms with Crippen molar-refractivity contribution in [3.63, 3.8) is 0 Å². The van der Waals surface area contributed by atoms with Crippen molar-refractivity contribution in [2.24, 2.45) is 5.92 Å². The Kier molecular flexibility index (Phi) is 4.93. The fourth-order valence-electron chi connectivity index (χ4n) is 3.87. The molecule has 1 aromatic carbocycles. The first-order valence-electron chi connectivity index (χ1n) is 8.27. The van der Waals surface area contributed by atoms with E-state index < -0.39 is 11.9 Å². The second-order valence-corrected chi connectivity index (χ2v) is 6.37. The topological polar surface area (TPSA) is 42.8 Å². The van der Waals surface area contributed by atoms with E-state index in [2.05, 4.69) is 5.32 Å². The van der Waals surface area contributed by atoms with Crippen LogP contribution in [-0.2, 0) is 4.74 Å². The van der Waals surface area contributed by atoms with Crippen molar-refractivity contribution in [2.45, 2.75) is 38.1 Å². The van der Waals surface area contributed by atoms with Gasteiger partial charge in [-0.3, -0.25) is 5.32 Å². The maximum atomic E-state index is 13.5. The highest BCUT2D eigenvalue weighted by atomic mass is 19.1. The van der Waals surface area contributed by atoms with Crippen LogP contribution < -0.4 is 10.2 Å². The predicted molar refractivity (Wildman–Crippen MR) is 82.4 cm³/mol. The molecule has 5 heteroatoms. The van der Waals surface area contributed by atoms with E-state index in [-0.39, 0.29) is 5.69 Å². The molecule has 2 N–H and O–H groups in total.